The number of carbonyl (C=O) groups excluding carboxylic acids is 2. The van der Waals surface area contributed by atoms with E-state index in [0.29, 0.717) is 18.9 Å². The van der Waals surface area contributed by atoms with Crippen molar-refractivity contribution < 1.29 is 14.3 Å². The van der Waals surface area contributed by atoms with E-state index in [1.807, 2.05) is 11.8 Å². The number of hydrogen-bond donors (Lipinski definition) is 1. The van der Waals surface area contributed by atoms with E-state index in [9.17, 15) is 9.59 Å². The lowest BCUT2D eigenvalue weighted by Crippen LogP contribution is -2.69. The summed E-state index contributed by atoms with van der Waals surface area (Å²) in [6, 6.07) is -0.297. The maximum absolute atomic E-state index is 12.9. The van der Waals surface area contributed by atoms with E-state index in [-0.39, 0.29) is 17.9 Å². The first-order valence-electron chi connectivity index (χ1n) is 7.87. The zero-order valence-electron chi connectivity index (χ0n) is 12.2. The summed E-state index contributed by atoms with van der Waals surface area (Å²) in [6.45, 7) is 4.14. The van der Waals surface area contributed by atoms with Crippen LogP contribution in [-0.4, -0.2) is 48.1 Å². The maximum Gasteiger partial charge on any atom is 0.249 e. The molecule has 5 heteroatoms. The Morgan fingerprint density at radius 2 is 2.10 bits per heavy atom. The Balaban J connectivity index is 1.81. The highest BCUT2D eigenvalue weighted by Crippen LogP contribution is 2.35. The molecular formula is C15H24N2O3. The summed E-state index contributed by atoms with van der Waals surface area (Å²) in [5.41, 5.74) is -0.595. The third-order valence-electron chi connectivity index (χ3n) is 5.03. The molecule has 2 aliphatic heterocycles. The molecule has 1 aliphatic carbocycles. The molecule has 2 amide bonds. The second-order valence-corrected chi connectivity index (χ2v) is 6.39. The summed E-state index contributed by atoms with van der Waals surface area (Å²) in [4.78, 5) is 27.2. The molecule has 20 heavy (non-hydrogen) atoms. The van der Waals surface area contributed by atoms with Crippen molar-refractivity contribution in [3.05, 3.63) is 0 Å². The van der Waals surface area contributed by atoms with Gasteiger partial charge in [-0.3, -0.25) is 9.59 Å². The SMILES string of the molecule is CCC1C(=O)NC2(CCCC2)C(=O)N1CC1CCOC1. The molecule has 0 bridgehead atoms. The second kappa shape index (κ2) is 5.35. The summed E-state index contributed by atoms with van der Waals surface area (Å²) in [6.07, 6.45) is 5.33. The van der Waals surface area contributed by atoms with Crippen molar-refractivity contribution in [3.8, 4) is 0 Å². The monoisotopic (exact) mass is 280 g/mol. The van der Waals surface area contributed by atoms with Gasteiger partial charge in [0.15, 0.2) is 0 Å². The molecule has 2 heterocycles. The molecule has 2 unspecified atom stereocenters. The molecule has 0 aromatic rings. The fourth-order valence-electron chi connectivity index (χ4n) is 3.87. The third-order valence-corrected chi connectivity index (χ3v) is 5.03. The molecule has 1 saturated carbocycles. The zero-order chi connectivity index (χ0) is 14.2. The number of amides is 2. The lowest BCUT2D eigenvalue weighted by atomic mass is 9.89. The normalized spacial score (nSPS) is 33.0. The lowest BCUT2D eigenvalue weighted by molar-refractivity contribution is -0.155. The van der Waals surface area contributed by atoms with Gasteiger partial charge in [0, 0.05) is 19.1 Å². The van der Waals surface area contributed by atoms with Crippen molar-refractivity contribution in [2.75, 3.05) is 19.8 Å². The predicted octanol–water partition coefficient (Wildman–Crippen LogP) is 1.07. The van der Waals surface area contributed by atoms with Crippen LogP contribution in [0.5, 0.6) is 0 Å². The quantitative estimate of drug-likeness (QED) is 0.841. The molecular weight excluding hydrogens is 256 g/mol. The van der Waals surface area contributed by atoms with E-state index in [4.69, 9.17) is 4.74 Å². The number of nitrogens with zero attached hydrogens (tertiary/aromatic N) is 1. The Morgan fingerprint density at radius 1 is 1.35 bits per heavy atom. The molecule has 1 spiro atoms. The van der Waals surface area contributed by atoms with Gasteiger partial charge in [-0.1, -0.05) is 19.8 Å². The van der Waals surface area contributed by atoms with E-state index in [0.717, 1.165) is 45.3 Å². The Kier molecular flexibility index (Phi) is 3.71. The first-order chi connectivity index (χ1) is 9.66. The first-order valence-corrected chi connectivity index (χ1v) is 7.87. The van der Waals surface area contributed by atoms with Gasteiger partial charge in [-0.2, -0.15) is 0 Å². The number of nitrogens with one attached hydrogen (secondary N) is 1. The predicted molar refractivity (Wildman–Crippen MR) is 74.1 cm³/mol. The summed E-state index contributed by atoms with van der Waals surface area (Å²) in [5.74, 6) is 0.568. The topological polar surface area (TPSA) is 58.6 Å². The van der Waals surface area contributed by atoms with Crippen LogP contribution in [0.15, 0.2) is 0 Å². The molecule has 0 aromatic heterocycles. The zero-order valence-corrected chi connectivity index (χ0v) is 12.2. The van der Waals surface area contributed by atoms with Crippen molar-refractivity contribution in [3.63, 3.8) is 0 Å². The van der Waals surface area contributed by atoms with E-state index < -0.39 is 5.54 Å². The molecule has 2 atom stereocenters. The number of hydrogen-bond acceptors (Lipinski definition) is 3. The molecule has 0 radical (unpaired) electrons. The summed E-state index contributed by atoms with van der Waals surface area (Å²) in [7, 11) is 0. The van der Waals surface area contributed by atoms with Crippen LogP contribution in [0.25, 0.3) is 0 Å². The fraction of sp³-hybridized carbons (Fsp3) is 0.867. The van der Waals surface area contributed by atoms with E-state index in [1.165, 1.54) is 0 Å². The molecule has 112 valence electrons. The minimum absolute atomic E-state index is 0.0351. The van der Waals surface area contributed by atoms with Crippen molar-refractivity contribution >= 4 is 11.8 Å². The van der Waals surface area contributed by atoms with Gasteiger partial charge in [-0.05, 0) is 25.7 Å². The third kappa shape index (κ3) is 2.22. The summed E-state index contributed by atoms with van der Waals surface area (Å²) >= 11 is 0. The van der Waals surface area contributed by atoms with Crippen molar-refractivity contribution in [1.29, 1.82) is 0 Å². The van der Waals surface area contributed by atoms with Gasteiger partial charge < -0.3 is 15.0 Å². The Hall–Kier alpha value is -1.10. The van der Waals surface area contributed by atoms with Gasteiger partial charge in [0.25, 0.3) is 0 Å². The average Bonchev–Trinajstić information content (AvgIpc) is 3.08. The molecule has 3 fully saturated rings. The van der Waals surface area contributed by atoms with Crippen LogP contribution in [-0.2, 0) is 14.3 Å². The van der Waals surface area contributed by atoms with Crippen LogP contribution < -0.4 is 5.32 Å². The molecule has 3 rings (SSSR count). The second-order valence-electron chi connectivity index (χ2n) is 6.39. The van der Waals surface area contributed by atoms with E-state index in [2.05, 4.69) is 5.32 Å². The van der Waals surface area contributed by atoms with Gasteiger partial charge in [-0.25, -0.2) is 0 Å². The van der Waals surface area contributed by atoms with Crippen LogP contribution in [0.1, 0.15) is 45.4 Å². The molecule has 0 aromatic carbocycles. The van der Waals surface area contributed by atoms with Crippen LogP contribution in [0.4, 0.5) is 0 Å². The maximum atomic E-state index is 12.9. The Morgan fingerprint density at radius 3 is 2.70 bits per heavy atom. The average molecular weight is 280 g/mol. The lowest BCUT2D eigenvalue weighted by Gasteiger charge is -2.45. The van der Waals surface area contributed by atoms with E-state index in [1.54, 1.807) is 0 Å². The number of carbonyl (C=O) groups is 2. The summed E-state index contributed by atoms with van der Waals surface area (Å²) in [5, 5.41) is 3.04. The van der Waals surface area contributed by atoms with Crippen LogP contribution in [0.2, 0.25) is 0 Å². The minimum atomic E-state index is -0.595. The molecule has 3 aliphatic rings. The van der Waals surface area contributed by atoms with E-state index >= 15 is 0 Å². The van der Waals surface area contributed by atoms with Gasteiger partial charge >= 0.3 is 0 Å². The van der Waals surface area contributed by atoms with Crippen LogP contribution >= 0.6 is 0 Å². The summed E-state index contributed by atoms with van der Waals surface area (Å²) < 4.78 is 5.41. The largest absolute Gasteiger partial charge is 0.381 e. The minimum Gasteiger partial charge on any atom is -0.381 e. The highest BCUT2D eigenvalue weighted by Gasteiger charge is 2.51. The van der Waals surface area contributed by atoms with Gasteiger partial charge in [0.2, 0.25) is 11.8 Å². The molecule has 2 saturated heterocycles. The molecule has 5 nitrogen and oxygen atoms in total. The van der Waals surface area contributed by atoms with Gasteiger partial charge in [0.1, 0.15) is 11.6 Å². The Labute approximate surface area is 120 Å². The Bertz CT molecular complexity index is 398. The van der Waals surface area contributed by atoms with Crippen molar-refractivity contribution in [2.24, 2.45) is 5.92 Å². The highest BCUT2D eigenvalue weighted by atomic mass is 16.5. The smallest absolute Gasteiger partial charge is 0.249 e. The number of ether oxygens (including phenoxy) is 1. The van der Waals surface area contributed by atoms with Crippen LogP contribution in [0, 0.1) is 5.92 Å². The standard InChI is InChI=1S/C15H24N2O3/c1-2-12-13(18)16-15(6-3-4-7-15)14(19)17(12)9-11-5-8-20-10-11/h11-12H,2-10H2,1H3,(H,16,18). The first kappa shape index (κ1) is 13.9. The molecule has 1 N–H and O–H groups in total. The fourth-order valence-corrected chi connectivity index (χ4v) is 3.87. The highest BCUT2D eigenvalue weighted by molar-refractivity contribution is 6.00. The van der Waals surface area contributed by atoms with Gasteiger partial charge in [0.05, 0.1) is 6.61 Å². The van der Waals surface area contributed by atoms with Crippen molar-refractivity contribution in [1.82, 2.24) is 10.2 Å². The van der Waals surface area contributed by atoms with Gasteiger partial charge in [-0.15, -0.1) is 0 Å². The van der Waals surface area contributed by atoms with Crippen LogP contribution in [0.3, 0.4) is 0 Å². The van der Waals surface area contributed by atoms with Crippen molar-refractivity contribution in [2.45, 2.75) is 57.0 Å². The number of piperazine rings is 1. The number of rotatable bonds is 3.